The van der Waals surface area contributed by atoms with Crippen molar-refractivity contribution >= 4 is 17.2 Å². The van der Waals surface area contributed by atoms with E-state index in [2.05, 4.69) is 82.4 Å². The summed E-state index contributed by atoms with van der Waals surface area (Å²) in [6.07, 6.45) is 4.05. The molecule has 214 valence electrons. The molecule has 1 fully saturated rings. The van der Waals surface area contributed by atoms with E-state index in [1.165, 1.54) is 11.1 Å². The predicted octanol–water partition coefficient (Wildman–Crippen LogP) is 7.93. The molecule has 0 saturated carbocycles. The number of nitrogens with zero attached hydrogens (tertiary/aromatic N) is 3. The molecule has 1 amide bonds. The first-order valence-electron chi connectivity index (χ1n) is 14.8. The Hall–Kier alpha value is -4.16. The quantitative estimate of drug-likeness (QED) is 0.179. The highest BCUT2D eigenvalue weighted by Crippen LogP contribution is 2.33. The Morgan fingerprint density at radius 2 is 1.60 bits per heavy atom. The summed E-state index contributed by atoms with van der Waals surface area (Å²) >= 11 is 1.63. The maximum absolute atomic E-state index is 13.9. The summed E-state index contributed by atoms with van der Waals surface area (Å²) in [5, 5.41) is 3.06. The number of hydrogen-bond donors (Lipinski definition) is 0. The molecular formula is C36H37N3O2S. The molecular weight excluding hydrogens is 538 g/mol. The third-order valence-electron chi connectivity index (χ3n) is 8.44. The van der Waals surface area contributed by atoms with E-state index < -0.39 is 0 Å². The molecule has 0 unspecified atom stereocenters. The second-order valence-corrected chi connectivity index (χ2v) is 12.0. The Kier molecular flexibility index (Phi) is 8.52. The van der Waals surface area contributed by atoms with Crippen molar-refractivity contribution < 1.29 is 9.53 Å². The van der Waals surface area contributed by atoms with Crippen LogP contribution in [0.3, 0.4) is 0 Å². The number of likely N-dealkylation sites (tertiary alicyclic amines) is 1. The van der Waals surface area contributed by atoms with Gasteiger partial charge in [0, 0.05) is 36.3 Å². The predicted molar refractivity (Wildman–Crippen MR) is 171 cm³/mol. The van der Waals surface area contributed by atoms with Crippen molar-refractivity contribution in [3.05, 3.63) is 119 Å². The number of carbonyl (C=O) groups is 1. The van der Waals surface area contributed by atoms with Crippen LogP contribution in [0.25, 0.3) is 22.0 Å². The normalized spacial score (nSPS) is 13.8. The summed E-state index contributed by atoms with van der Waals surface area (Å²) in [6, 6.07) is 31.3. The second kappa shape index (κ2) is 12.8. The minimum absolute atomic E-state index is 0.135. The largest absolute Gasteiger partial charge is 0.497 e. The van der Waals surface area contributed by atoms with Gasteiger partial charge in [0.05, 0.1) is 24.1 Å². The smallest absolute Gasteiger partial charge is 0.255 e. The molecule has 5 aromatic rings. The molecule has 6 heteroatoms. The van der Waals surface area contributed by atoms with Crippen LogP contribution in [-0.4, -0.2) is 40.6 Å². The minimum Gasteiger partial charge on any atom is -0.497 e. The number of methoxy groups -OCH3 is 1. The van der Waals surface area contributed by atoms with Crippen LogP contribution in [0.1, 0.15) is 40.0 Å². The Morgan fingerprint density at radius 1 is 0.929 bits per heavy atom. The van der Waals surface area contributed by atoms with Gasteiger partial charge in [-0.3, -0.25) is 4.79 Å². The van der Waals surface area contributed by atoms with E-state index in [0.717, 1.165) is 84.3 Å². The molecule has 1 saturated heterocycles. The zero-order chi connectivity index (χ0) is 28.9. The number of thiazole rings is 1. The maximum Gasteiger partial charge on any atom is 0.255 e. The first-order chi connectivity index (χ1) is 20.6. The number of amides is 1. The molecule has 0 atom stereocenters. The summed E-state index contributed by atoms with van der Waals surface area (Å²) in [5.41, 5.74) is 7.43. The number of carbonyl (C=O) groups excluding carboxylic acids is 1. The van der Waals surface area contributed by atoms with Crippen molar-refractivity contribution in [1.82, 2.24) is 14.5 Å². The fourth-order valence-corrected chi connectivity index (χ4v) is 6.78. The van der Waals surface area contributed by atoms with Crippen LogP contribution in [0.15, 0.2) is 96.4 Å². The lowest BCUT2D eigenvalue weighted by Crippen LogP contribution is -2.39. The van der Waals surface area contributed by atoms with Gasteiger partial charge in [-0.2, -0.15) is 0 Å². The standard InChI is InChI=1S/C36H37N3O2S/c1-26-32(36(40)38-20-17-29(18-21-38)23-28-11-7-4-8-12-28)24-34(39(26)22-19-27-9-5-3-6-10-27)33-25-42-35(37-33)30-13-15-31(41-2)16-14-30/h3-16,24-25,29H,17-23H2,1-2H3. The van der Waals surface area contributed by atoms with E-state index in [-0.39, 0.29) is 5.91 Å². The first kappa shape index (κ1) is 28.0. The van der Waals surface area contributed by atoms with E-state index >= 15 is 0 Å². The van der Waals surface area contributed by atoms with Crippen LogP contribution >= 0.6 is 11.3 Å². The van der Waals surface area contributed by atoms with Crippen LogP contribution in [0, 0.1) is 12.8 Å². The number of benzene rings is 3. The summed E-state index contributed by atoms with van der Waals surface area (Å²) in [7, 11) is 1.67. The molecule has 3 aromatic carbocycles. The van der Waals surface area contributed by atoms with Gasteiger partial charge in [0.25, 0.3) is 5.91 Å². The zero-order valence-electron chi connectivity index (χ0n) is 24.3. The van der Waals surface area contributed by atoms with Crippen LogP contribution in [0.5, 0.6) is 5.75 Å². The third-order valence-corrected chi connectivity index (χ3v) is 9.33. The van der Waals surface area contributed by atoms with Crippen LogP contribution in [0.4, 0.5) is 0 Å². The van der Waals surface area contributed by atoms with Gasteiger partial charge in [-0.1, -0.05) is 60.7 Å². The molecule has 1 aliphatic heterocycles. The molecule has 0 radical (unpaired) electrons. The van der Waals surface area contributed by atoms with Crippen molar-refractivity contribution in [3.8, 4) is 27.7 Å². The lowest BCUT2D eigenvalue weighted by atomic mass is 9.90. The van der Waals surface area contributed by atoms with Gasteiger partial charge in [0.2, 0.25) is 0 Å². The number of ether oxygens (including phenoxy) is 1. The van der Waals surface area contributed by atoms with Gasteiger partial charge in [-0.25, -0.2) is 4.98 Å². The molecule has 0 spiro atoms. The van der Waals surface area contributed by atoms with E-state index in [1.54, 1.807) is 18.4 Å². The minimum atomic E-state index is 0.135. The molecule has 3 heterocycles. The van der Waals surface area contributed by atoms with Crippen LogP contribution in [-0.2, 0) is 19.4 Å². The fourth-order valence-electron chi connectivity index (χ4n) is 5.96. The highest BCUT2D eigenvalue weighted by atomic mass is 32.1. The maximum atomic E-state index is 13.9. The zero-order valence-corrected chi connectivity index (χ0v) is 25.1. The van der Waals surface area contributed by atoms with Crippen molar-refractivity contribution in [2.45, 2.75) is 39.2 Å². The second-order valence-electron chi connectivity index (χ2n) is 11.1. The number of rotatable bonds is 9. The summed E-state index contributed by atoms with van der Waals surface area (Å²) in [6.45, 7) is 4.48. The van der Waals surface area contributed by atoms with E-state index in [1.807, 2.05) is 30.3 Å². The molecule has 5 nitrogen and oxygen atoms in total. The Balaban J connectivity index is 1.24. The molecule has 6 rings (SSSR count). The molecule has 42 heavy (non-hydrogen) atoms. The molecule has 0 bridgehead atoms. The van der Waals surface area contributed by atoms with Crippen LogP contribution < -0.4 is 4.74 Å². The molecule has 2 aromatic heterocycles. The molecule has 0 N–H and O–H groups in total. The van der Waals surface area contributed by atoms with Crippen molar-refractivity contribution in [3.63, 3.8) is 0 Å². The lowest BCUT2D eigenvalue weighted by molar-refractivity contribution is 0.0689. The van der Waals surface area contributed by atoms with Crippen molar-refractivity contribution in [2.24, 2.45) is 5.92 Å². The van der Waals surface area contributed by atoms with Crippen LogP contribution in [0.2, 0.25) is 0 Å². The first-order valence-corrected chi connectivity index (χ1v) is 15.6. The Morgan fingerprint density at radius 3 is 2.26 bits per heavy atom. The average Bonchev–Trinajstić information content (AvgIpc) is 3.66. The SMILES string of the molecule is COc1ccc(-c2nc(-c3cc(C(=O)N4CCC(Cc5ccccc5)CC4)c(C)n3CCc3ccccc3)cs2)cc1. The third kappa shape index (κ3) is 6.19. The molecule has 1 aliphatic rings. The van der Waals surface area contributed by atoms with Gasteiger partial charge in [0.15, 0.2) is 0 Å². The van der Waals surface area contributed by atoms with Gasteiger partial charge in [0.1, 0.15) is 10.8 Å². The Labute approximate surface area is 252 Å². The Bertz CT molecular complexity index is 1620. The van der Waals surface area contributed by atoms with E-state index in [4.69, 9.17) is 9.72 Å². The average molecular weight is 576 g/mol. The topological polar surface area (TPSA) is 47.4 Å². The lowest BCUT2D eigenvalue weighted by Gasteiger charge is -2.32. The van der Waals surface area contributed by atoms with Gasteiger partial charge >= 0.3 is 0 Å². The molecule has 0 aliphatic carbocycles. The van der Waals surface area contributed by atoms with Gasteiger partial charge in [-0.15, -0.1) is 11.3 Å². The van der Waals surface area contributed by atoms with E-state index in [0.29, 0.717) is 5.92 Å². The number of piperidine rings is 1. The van der Waals surface area contributed by atoms with E-state index in [9.17, 15) is 4.79 Å². The summed E-state index contributed by atoms with van der Waals surface area (Å²) in [5.74, 6) is 1.58. The summed E-state index contributed by atoms with van der Waals surface area (Å²) in [4.78, 5) is 21.0. The number of aromatic nitrogens is 2. The highest BCUT2D eigenvalue weighted by molar-refractivity contribution is 7.13. The number of aryl methyl sites for hydroxylation is 1. The van der Waals surface area contributed by atoms with Gasteiger partial charge in [-0.05, 0) is 80.0 Å². The fraction of sp³-hybridized carbons (Fsp3) is 0.278. The van der Waals surface area contributed by atoms with Crippen molar-refractivity contribution in [1.29, 1.82) is 0 Å². The van der Waals surface area contributed by atoms with Gasteiger partial charge < -0.3 is 14.2 Å². The van der Waals surface area contributed by atoms with Crippen molar-refractivity contribution in [2.75, 3.05) is 20.2 Å². The summed E-state index contributed by atoms with van der Waals surface area (Å²) < 4.78 is 7.61. The number of hydrogen-bond acceptors (Lipinski definition) is 4. The highest BCUT2D eigenvalue weighted by Gasteiger charge is 2.27. The monoisotopic (exact) mass is 575 g/mol.